The monoisotopic (exact) mass is 678 g/mol. The number of imidazole rings is 1. The fourth-order valence-electron chi connectivity index (χ4n) is 8.05. The van der Waals surface area contributed by atoms with E-state index in [1.54, 1.807) is 0 Å². The number of nitrogens with zero attached hydrogens (tertiary/aromatic N) is 5. The van der Waals surface area contributed by atoms with Gasteiger partial charge in [-0.05, 0) is 83.4 Å². The molecule has 6 aromatic carbocycles. The third kappa shape index (κ3) is 4.56. The maximum absolute atomic E-state index is 5.52. The molecule has 0 saturated heterocycles. The molecule has 5 aromatic heterocycles. The Kier molecular flexibility index (Phi) is 6.45. The molecular weight excluding hydrogens is 649 g/mol. The third-order valence-electron chi connectivity index (χ3n) is 10.5. The molecule has 11 rings (SSSR count). The number of benzene rings is 6. The second-order valence-electron chi connectivity index (χ2n) is 13.4. The van der Waals surface area contributed by atoms with Crippen LogP contribution < -0.4 is 0 Å². The second kappa shape index (κ2) is 11.6. The minimum absolute atomic E-state index is 0.872. The van der Waals surface area contributed by atoms with E-state index in [-0.39, 0.29) is 0 Å². The van der Waals surface area contributed by atoms with Gasteiger partial charge in [-0.25, -0.2) is 9.97 Å². The molecule has 0 spiro atoms. The largest absolute Gasteiger partial charge is 0.354 e. The maximum Gasteiger partial charge on any atom is 0.147 e. The molecule has 0 radical (unpaired) electrons. The molecule has 0 saturated carbocycles. The second-order valence-corrected chi connectivity index (χ2v) is 13.4. The van der Waals surface area contributed by atoms with Crippen molar-refractivity contribution >= 4 is 54.6 Å². The Hall–Kier alpha value is -7.31. The Morgan fingerprint density at radius 1 is 0.453 bits per heavy atom. The summed E-state index contributed by atoms with van der Waals surface area (Å²) in [5.74, 6) is 1.76. The lowest BCUT2D eigenvalue weighted by Crippen LogP contribution is -1.97. The number of H-pyrrole nitrogens is 1. The first-order valence-corrected chi connectivity index (χ1v) is 17.8. The SMILES string of the molecule is c1ccc(-n2c(-c3cccc4c3[nH]c3ccccc34)nc3c(-c4ccc5c6ccc(-c7ccncc7)cc6n(-c6ccccn6)c5c4)cccc32)cc1. The van der Waals surface area contributed by atoms with Crippen molar-refractivity contribution in [2.45, 2.75) is 0 Å². The molecule has 0 bridgehead atoms. The minimum atomic E-state index is 0.872. The van der Waals surface area contributed by atoms with Gasteiger partial charge in [-0.15, -0.1) is 0 Å². The van der Waals surface area contributed by atoms with Gasteiger partial charge in [0.1, 0.15) is 11.6 Å². The molecule has 0 aliphatic rings. The van der Waals surface area contributed by atoms with Gasteiger partial charge >= 0.3 is 0 Å². The van der Waals surface area contributed by atoms with Gasteiger partial charge in [0.2, 0.25) is 0 Å². The molecule has 248 valence electrons. The first-order chi connectivity index (χ1) is 26.3. The van der Waals surface area contributed by atoms with E-state index in [4.69, 9.17) is 9.97 Å². The minimum Gasteiger partial charge on any atom is -0.354 e. The topological polar surface area (TPSA) is 64.3 Å². The van der Waals surface area contributed by atoms with Crippen LogP contribution in [0.15, 0.2) is 176 Å². The highest BCUT2D eigenvalue weighted by Crippen LogP contribution is 2.41. The highest BCUT2D eigenvalue weighted by Gasteiger charge is 2.21. The summed E-state index contributed by atoms with van der Waals surface area (Å²) >= 11 is 0. The number of aromatic amines is 1. The van der Waals surface area contributed by atoms with Gasteiger partial charge in [0, 0.05) is 62.5 Å². The molecule has 53 heavy (non-hydrogen) atoms. The molecule has 0 aliphatic heterocycles. The summed E-state index contributed by atoms with van der Waals surface area (Å²) in [5.41, 5.74) is 12.9. The Morgan fingerprint density at radius 2 is 1.17 bits per heavy atom. The van der Waals surface area contributed by atoms with Crippen LogP contribution in [0.5, 0.6) is 0 Å². The predicted molar refractivity (Wildman–Crippen MR) is 217 cm³/mol. The van der Waals surface area contributed by atoms with Gasteiger partial charge in [0.25, 0.3) is 0 Å². The summed E-state index contributed by atoms with van der Waals surface area (Å²) < 4.78 is 4.58. The molecule has 0 fully saturated rings. The lowest BCUT2D eigenvalue weighted by molar-refractivity contribution is 1.08. The first-order valence-electron chi connectivity index (χ1n) is 17.8. The number of pyridine rings is 2. The zero-order valence-corrected chi connectivity index (χ0v) is 28.5. The number of para-hydroxylation sites is 4. The standard InChI is InChI=1S/C47H30N6/c1-2-10-33(11-3-1)52-41-17-9-13-34(46(41)51-47(52)39-15-8-14-38-35-12-4-5-16-40(35)50-45(38)39)32-20-22-37-36-21-19-31(30-23-26-48-27-24-30)28-42(36)53(43(37)29-32)44-18-6-7-25-49-44/h1-29,50H. The molecule has 0 atom stereocenters. The number of aromatic nitrogens is 6. The maximum atomic E-state index is 5.52. The summed E-state index contributed by atoms with van der Waals surface area (Å²) in [5, 5.41) is 4.74. The van der Waals surface area contributed by atoms with Crippen molar-refractivity contribution in [2.24, 2.45) is 0 Å². The molecule has 0 amide bonds. The molecule has 6 nitrogen and oxygen atoms in total. The molecule has 1 N–H and O–H groups in total. The van der Waals surface area contributed by atoms with Crippen LogP contribution in [0.3, 0.4) is 0 Å². The number of rotatable bonds is 5. The Balaban J connectivity index is 1.17. The summed E-state index contributed by atoms with van der Waals surface area (Å²) in [4.78, 5) is 18.3. The van der Waals surface area contributed by atoms with Crippen molar-refractivity contribution < 1.29 is 0 Å². The van der Waals surface area contributed by atoms with E-state index >= 15 is 0 Å². The number of hydrogen-bond donors (Lipinski definition) is 1. The molecule has 11 aromatic rings. The van der Waals surface area contributed by atoms with Gasteiger partial charge in [0.15, 0.2) is 0 Å². The van der Waals surface area contributed by atoms with Crippen molar-refractivity contribution in [3.05, 3.63) is 176 Å². The van der Waals surface area contributed by atoms with Gasteiger partial charge in [-0.1, -0.05) is 91.0 Å². The van der Waals surface area contributed by atoms with Crippen LogP contribution in [-0.4, -0.2) is 29.1 Å². The average Bonchev–Trinajstić information content (AvgIpc) is 3.91. The summed E-state index contributed by atoms with van der Waals surface area (Å²) in [6.07, 6.45) is 5.54. The molecule has 0 unspecified atom stereocenters. The summed E-state index contributed by atoms with van der Waals surface area (Å²) in [6, 6.07) is 55.7. The summed E-state index contributed by atoms with van der Waals surface area (Å²) in [6.45, 7) is 0. The Bertz CT molecular complexity index is 3160. The number of nitrogens with one attached hydrogen (secondary N) is 1. The van der Waals surface area contributed by atoms with Crippen LogP contribution in [0.1, 0.15) is 0 Å². The smallest absolute Gasteiger partial charge is 0.147 e. The van der Waals surface area contributed by atoms with Crippen molar-refractivity contribution in [3.63, 3.8) is 0 Å². The zero-order valence-electron chi connectivity index (χ0n) is 28.5. The zero-order chi connectivity index (χ0) is 34.9. The van der Waals surface area contributed by atoms with Crippen LogP contribution in [0, 0.1) is 0 Å². The van der Waals surface area contributed by atoms with Crippen molar-refractivity contribution in [2.75, 3.05) is 0 Å². The van der Waals surface area contributed by atoms with Crippen LogP contribution in [0.25, 0.3) is 99.8 Å². The third-order valence-corrected chi connectivity index (χ3v) is 10.5. The highest BCUT2D eigenvalue weighted by molar-refractivity contribution is 6.13. The highest BCUT2D eigenvalue weighted by atomic mass is 15.1. The number of fused-ring (bicyclic) bond motifs is 7. The fraction of sp³-hybridized carbons (Fsp3) is 0. The van der Waals surface area contributed by atoms with Gasteiger partial charge in [0.05, 0.1) is 27.6 Å². The van der Waals surface area contributed by atoms with Gasteiger partial charge < -0.3 is 4.98 Å². The van der Waals surface area contributed by atoms with E-state index in [0.29, 0.717) is 0 Å². The first kappa shape index (κ1) is 29.4. The van der Waals surface area contributed by atoms with Crippen LogP contribution >= 0.6 is 0 Å². The van der Waals surface area contributed by atoms with E-state index in [2.05, 4.69) is 165 Å². The molecule has 5 heterocycles. The van der Waals surface area contributed by atoms with E-state index in [0.717, 1.165) is 78.2 Å². The quantitative estimate of drug-likeness (QED) is 0.197. The van der Waals surface area contributed by atoms with E-state index in [9.17, 15) is 0 Å². The van der Waals surface area contributed by atoms with Crippen LogP contribution in [0.2, 0.25) is 0 Å². The normalized spacial score (nSPS) is 11.8. The van der Waals surface area contributed by atoms with Crippen molar-refractivity contribution in [1.29, 1.82) is 0 Å². The fourth-order valence-corrected chi connectivity index (χ4v) is 8.05. The van der Waals surface area contributed by atoms with Gasteiger partial charge in [-0.3, -0.25) is 14.1 Å². The van der Waals surface area contributed by atoms with Crippen molar-refractivity contribution in [1.82, 2.24) is 29.1 Å². The Labute approximate surface area is 304 Å². The van der Waals surface area contributed by atoms with Crippen molar-refractivity contribution in [3.8, 4) is 45.1 Å². The van der Waals surface area contributed by atoms with Crippen LogP contribution in [-0.2, 0) is 0 Å². The average molecular weight is 679 g/mol. The van der Waals surface area contributed by atoms with E-state index < -0.39 is 0 Å². The molecule has 0 aliphatic carbocycles. The van der Waals surface area contributed by atoms with Gasteiger partial charge in [-0.2, -0.15) is 0 Å². The Morgan fingerprint density at radius 3 is 2.00 bits per heavy atom. The molecular formula is C47H30N6. The molecule has 6 heteroatoms. The lowest BCUT2D eigenvalue weighted by Gasteiger charge is -2.11. The predicted octanol–water partition coefficient (Wildman–Crippen LogP) is 11.5. The summed E-state index contributed by atoms with van der Waals surface area (Å²) in [7, 11) is 0. The van der Waals surface area contributed by atoms with E-state index in [1.807, 2.05) is 30.7 Å². The van der Waals surface area contributed by atoms with Crippen LogP contribution in [0.4, 0.5) is 0 Å². The number of hydrogen-bond acceptors (Lipinski definition) is 3. The van der Waals surface area contributed by atoms with E-state index in [1.165, 1.54) is 21.5 Å². The lowest BCUT2D eigenvalue weighted by atomic mass is 10.0.